The van der Waals surface area contributed by atoms with Gasteiger partial charge in [-0.2, -0.15) is 0 Å². The van der Waals surface area contributed by atoms with Crippen LogP contribution >= 0.6 is 0 Å². The number of nitrogen functional groups attached to an aromatic ring is 1. The summed E-state index contributed by atoms with van der Waals surface area (Å²) in [6.45, 7) is 6.86. The molecular weight excluding hydrogens is 260 g/mol. The van der Waals surface area contributed by atoms with E-state index in [2.05, 4.69) is 9.97 Å². The number of rotatable bonds is 1. The molecule has 1 aromatic heterocycles. The fourth-order valence-corrected chi connectivity index (χ4v) is 1.88. The molecular formula is C13H20N4O3. The van der Waals surface area contributed by atoms with Gasteiger partial charge in [-0.15, -0.1) is 0 Å². The molecule has 7 nitrogen and oxygen atoms in total. The van der Waals surface area contributed by atoms with Gasteiger partial charge in [-0.1, -0.05) is 0 Å². The number of hydrogen-bond acceptors (Lipinski definition) is 6. The van der Waals surface area contributed by atoms with E-state index in [1.54, 1.807) is 11.0 Å². The lowest BCUT2D eigenvalue weighted by Gasteiger charge is -2.33. The molecule has 2 rings (SSSR count). The molecule has 1 saturated heterocycles. The third-order valence-corrected chi connectivity index (χ3v) is 2.76. The first-order valence-electron chi connectivity index (χ1n) is 6.52. The van der Waals surface area contributed by atoms with Crippen LogP contribution in [0.25, 0.3) is 0 Å². The summed E-state index contributed by atoms with van der Waals surface area (Å²) in [5.74, 6) is 0.382. The van der Waals surface area contributed by atoms with Gasteiger partial charge in [-0.05, 0) is 20.8 Å². The van der Waals surface area contributed by atoms with E-state index in [-0.39, 0.29) is 12.2 Å². The Morgan fingerprint density at radius 2 is 2.25 bits per heavy atom. The van der Waals surface area contributed by atoms with Crippen molar-refractivity contribution < 1.29 is 14.3 Å². The number of carbonyl (C=O) groups is 1. The van der Waals surface area contributed by atoms with E-state index in [1.165, 1.54) is 6.33 Å². The molecule has 1 fully saturated rings. The van der Waals surface area contributed by atoms with Crippen LogP contribution in [0.1, 0.15) is 32.6 Å². The number of anilines is 1. The quantitative estimate of drug-likeness (QED) is 0.835. The van der Waals surface area contributed by atoms with E-state index < -0.39 is 5.60 Å². The number of aromatic nitrogens is 2. The summed E-state index contributed by atoms with van der Waals surface area (Å²) in [7, 11) is 0. The highest BCUT2D eigenvalue weighted by Gasteiger charge is 2.29. The maximum atomic E-state index is 12.0. The Bertz CT molecular complexity index is 487. The molecule has 2 N–H and O–H groups in total. The van der Waals surface area contributed by atoms with Crippen molar-refractivity contribution in [2.45, 2.75) is 32.5 Å². The molecule has 1 unspecified atom stereocenters. The fraction of sp³-hybridized carbons (Fsp3) is 0.615. The summed E-state index contributed by atoms with van der Waals surface area (Å²) in [5, 5.41) is 0. The second-order valence-electron chi connectivity index (χ2n) is 5.65. The van der Waals surface area contributed by atoms with Gasteiger partial charge < -0.3 is 20.1 Å². The van der Waals surface area contributed by atoms with Crippen LogP contribution < -0.4 is 5.73 Å². The molecule has 0 spiro atoms. The van der Waals surface area contributed by atoms with Gasteiger partial charge in [0.2, 0.25) is 0 Å². The van der Waals surface area contributed by atoms with Crippen molar-refractivity contribution in [3.63, 3.8) is 0 Å². The number of hydrogen-bond donors (Lipinski definition) is 1. The first-order chi connectivity index (χ1) is 9.35. The topological polar surface area (TPSA) is 90.6 Å². The van der Waals surface area contributed by atoms with E-state index in [9.17, 15) is 4.79 Å². The van der Waals surface area contributed by atoms with Gasteiger partial charge in [0.15, 0.2) is 0 Å². The Balaban J connectivity index is 2.03. The molecule has 0 saturated carbocycles. The zero-order chi connectivity index (χ0) is 14.8. The average Bonchev–Trinajstić information content (AvgIpc) is 2.37. The minimum atomic E-state index is -0.510. The maximum absolute atomic E-state index is 12.0. The lowest BCUT2D eigenvalue weighted by molar-refractivity contribution is -0.0447. The third kappa shape index (κ3) is 3.80. The van der Waals surface area contributed by atoms with Crippen LogP contribution in [0.15, 0.2) is 12.4 Å². The normalized spacial score (nSPS) is 19.8. The first-order valence-corrected chi connectivity index (χ1v) is 6.52. The number of morpholine rings is 1. The lowest BCUT2D eigenvalue weighted by atomic mass is 10.2. The minimum absolute atomic E-state index is 0.304. The zero-order valence-electron chi connectivity index (χ0n) is 12.0. The van der Waals surface area contributed by atoms with E-state index in [4.69, 9.17) is 15.2 Å². The van der Waals surface area contributed by atoms with Crippen molar-refractivity contribution in [1.82, 2.24) is 14.9 Å². The Kier molecular flexibility index (Phi) is 4.08. The van der Waals surface area contributed by atoms with Crippen LogP contribution in [-0.4, -0.2) is 46.3 Å². The van der Waals surface area contributed by atoms with Crippen molar-refractivity contribution in [3.05, 3.63) is 18.1 Å². The van der Waals surface area contributed by atoms with Crippen LogP contribution in [0.4, 0.5) is 10.6 Å². The molecule has 110 valence electrons. The van der Waals surface area contributed by atoms with E-state index in [0.717, 1.165) is 0 Å². The van der Waals surface area contributed by atoms with Gasteiger partial charge in [-0.3, -0.25) is 0 Å². The molecule has 2 heterocycles. The summed E-state index contributed by atoms with van der Waals surface area (Å²) in [4.78, 5) is 21.7. The van der Waals surface area contributed by atoms with Crippen LogP contribution in [0.3, 0.4) is 0 Å². The minimum Gasteiger partial charge on any atom is -0.444 e. The molecule has 1 amide bonds. The Morgan fingerprint density at radius 3 is 2.90 bits per heavy atom. The standard InChI is InChI=1S/C13H20N4O3/c1-13(2,3)20-12(18)17-4-5-19-10(7-17)9-6-11(14)16-8-15-9/h6,8,10H,4-5,7H2,1-3H3,(H2,14,15,16). The molecule has 1 aliphatic rings. The highest BCUT2D eigenvalue weighted by molar-refractivity contribution is 5.68. The molecule has 1 aromatic rings. The zero-order valence-corrected chi connectivity index (χ0v) is 12.0. The Labute approximate surface area is 118 Å². The summed E-state index contributed by atoms with van der Waals surface area (Å²) in [6.07, 6.45) is 0.745. The number of nitrogens with two attached hydrogens (primary N) is 1. The summed E-state index contributed by atoms with van der Waals surface area (Å²) in [5.41, 5.74) is 5.79. The maximum Gasteiger partial charge on any atom is 0.410 e. The molecule has 7 heteroatoms. The van der Waals surface area contributed by atoms with Gasteiger partial charge in [0.05, 0.1) is 18.8 Å². The number of carbonyl (C=O) groups excluding carboxylic acids is 1. The van der Waals surface area contributed by atoms with Crippen LogP contribution in [0.5, 0.6) is 0 Å². The molecule has 1 atom stereocenters. The monoisotopic (exact) mass is 280 g/mol. The highest BCUT2D eigenvalue weighted by atomic mass is 16.6. The molecule has 0 aromatic carbocycles. The highest BCUT2D eigenvalue weighted by Crippen LogP contribution is 2.22. The van der Waals surface area contributed by atoms with Crippen molar-refractivity contribution >= 4 is 11.9 Å². The number of nitrogens with zero attached hydrogens (tertiary/aromatic N) is 3. The summed E-state index contributed by atoms with van der Waals surface area (Å²) in [6, 6.07) is 1.66. The van der Waals surface area contributed by atoms with Crippen LogP contribution in [0.2, 0.25) is 0 Å². The molecule has 20 heavy (non-hydrogen) atoms. The van der Waals surface area contributed by atoms with Gasteiger partial charge in [-0.25, -0.2) is 14.8 Å². The van der Waals surface area contributed by atoms with E-state index in [0.29, 0.717) is 31.2 Å². The largest absolute Gasteiger partial charge is 0.444 e. The fourth-order valence-electron chi connectivity index (χ4n) is 1.88. The molecule has 1 aliphatic heterocycles. The van der Waals surface area contributed by atoms with Crippen LogP contribution in [0, 0.1) is 0 Å². The second kappa shape index (κ2) is 5.62. The van der Waals surface area contributed by atoms with Crippen molar-refractivity contribution in [1.29, 1.82) is 0 Å². The molecule has 0 bridgehead atoms. The van der Waals surface area contributed by atoms with Crippen LogP contribution in [-0.2, 0) is 9.47 Å². The third-order valence-electron chi connectivity index (χ3n) is 2.76. The molecule has 0 aliphatic carbocycles. The smallest absolute Gasteiger partial charge is 0.410 e. The van der Waals surface area contributed by atoms with Crippen molar-refractivity contribution in [3.8, 4) is 0 Å². The SMILES string of the molecule is CC(C)(C)OC(=O)N1CCOC(c2cc(N)ncn2)C1. The van der Waals surface area contributed by atoms with Gasteiger partial charge in [0, 0.05) is 12.6 Å². The predicted molar refractivity (Wildman–Crippen MR) is 72.9 cm³/mol. The average molecular weight is 280 g/mol. The first kappa shape index (κ1) is 14.5. The van der Waals surface area contributed by atoms with Crippen molar-refractivity contribution in [2.24, 2.45) is 0 Å². The second-order valence-corrected chi connectivity index (χ2v) is 5.65. The van der Waals surface area contributed by atoms with E-state index >= 15 is 0 Å². The summed E-state index contributed by atoms with van der Waals surface area (Å²) >= 11 is 0. The molecule has 0 radical (unpaired) electrons. The lowest BCUT2D eigenvalue weighted by Crippen LogP contribution is -2.44. The Hall–Kier alpha value is -1.89. The van der Waals surface area contributed by atoms with Gasteiger partial charge >= 0.3 is 6.09 Å². The summed E-state index contributed by atoms with van der Waals surface area (Å²) < 4.78 is 11.0. The van der Waals surface area contributed by atoms with Gasteiger partial charge in [0.25, 0.3) is 0 Å². The van der Waals surface area contributed by atoms with Gasteiger partial charge in [0.1, 0.15) is 23.9 Å². The predicted octanol–water partition coefficient (Wildman–Crippen LogP) is 1.37. The number of ether oxygens (including phenoxy) is 2. The number of amides is 1. The van der Waals surface area contributed by atoms with E-state index in [1.807, 2.05) is 20.8 Å². The Morgan fingerprint density at radius 1 is 1.50 bits per heavy atom. The van der Waals surface area contributed by atoms with Crippen molar-refractivity contribution in [2.75, 3.05) is 25.4 Å².